The van der Waals surface area contributed by atoms with Crippen LogP contribution in [0.2, 0.25) is 0 Å². The van der Waals surface area contributed by atoms with Gasteiger partial charge in [-0.2, -0.15) is 0 Å². The monoisotopic (exact) mass is 546 g/mol. The number of amides is 2. The summed E-state index contributed by atoms with van der Waals surface area (Å²) in [7, 11) is -1.32. The van der Waals surface area contributed by atoms with E-state index in [-0.39, 0.29) is 13.0 Å². The molecule has 4 rings (SSSR count). The minimum absolute atomic E-state index is 0.215. The lowest BCUT2D eigenvalue weighted by molar-refractivity contribution is -0.139. The van der Waals surface area contributed by atoms with Crippen LogP contribution in [-0.4, -0.2) is 73.5 Å². The molecule has 0 aromatic carbocycles. The van der Waals surface area contributed by atoms with Crippen molar-refractivity contribution in [3.05, 3.63) is 89.8 Å². The zero-order chi connectivity index (χ0) is 28.3. The summed E-state index contributed by atoms with van der Waals surface area (Å²) in [6.45, 7) is 1.40. The van der Waals surface area contributed by atoms with Crippen molar-refractivity contribution in [3.8, 4) is 0 Å². The van der Waals surface area contributed by atoms with Crippen molar-refractivity contribution in [2.75, 3.05) is 6.54 Å². The van der Waals surface area contributed by atoms with Gasteiger partial charge in [-0.1, -0.05) is 12.1 Å². The number of hydrogen-bond acceptors (Lipinski definition) is 9. The molecule has 1 aliphatic heterocycles. The van der Waals surface area contributed by atoms with Crippen LogP contribution in [0, 0.1) is 0 Å². The van der Waals surface area contributed by atoms with Gasteiger partial charge in [0, 0.05) is 38.2 Å². The van der Waals surface area contributed by atoms with Crippen molar-refractivity contribution in [2.45, 2.75) is 50.9 Å². The van der Waals surface area contributed by atoms with Gasteiger partial charge < -0.3 is 25.4 Å². The molecular formula is C27H31BN6O6. The van der Waals surface area contributed by atoms with E-state index in [0.717, 1.165) is 17.1 Å². The molecule has 4 N–H and O–H groups in total. The van der Waals surface area contributed by atoms with E-state index in [2.05, 4.69) is 30.5 Å². The summed E-state index contributed by atoms with van der Waals surface area (Å²) >= 11 is 0. The Morgan fingerprint density at radius 3 is 2.10 bits per heavy atom. The smallest absolute Gasteiger partial charge is 0.478 e. The number of pyridine rings is 3. The van der Waals surface area contributed by atoms with E-state index in [4.69, 9.17) is 9.76 Å². The van der Waals surface area contributed by atoms with Crippen molar-refractivity contribution >= 4 is 24.9 Å². The first-order valence-electron chi connectivity index (χ1n) is 13.0. The van der Waals surface area contributed by atoms with Gasteiger partial charge in [0.25, 0.3) is 5.91 Å². The molecule has 1 aliphatic rings. The summed E-state index contributed by atoms with van der Waals surface area (Å²) in [5, 5.41) is 24.1. The van der Waals surface area contributed by atoms with E-state index in [0.29, 0.717) is 38.0 Å². The fourth-order valence-electron chi connectivity index (χ4n) is 4.37. The number of carbonyl (C=O) groups is 3. The third kappa shape index (κ3) is 8.94. The Morgan fingerprint density at radius 2 is 1.57 bits per heavy atom. The molecule has 0 radical (unpaired) electrons. The molecule has 0 aliphatic carbocycles. The fraction of sp³-hybridized carbons (Fsp3) is 0.333. The summed E-state index contributed by atoms with van der Waals surface area (Å²) in [5.41, 5.74) is 2.89. The molecular weight excluding hydrogens is 515 g/mol. The van der Waals surface area contributed by atoms with E-state index in [1.165, 1.54) is 6.20 Å². The zero-order valence-electron chi connectivity index (χ0n) is 21.8. The molecule has 1 fully saturated rings. The van der Waals surface area contributed by atoms with Crippen molar-refractivity contribution < 1.29 is 29.2 Å². The normalized spacial score (nSPS) is 16.9. The van der Waals surface area contributed by atoms with Gasteiger partial charge in [-0.25, -0.2) is 0 Å². The highest BCUT2D eigenvalue weighted by Gasteiger charge is 2.36. The number of carboxylic acid groups (broad SMARTS) is 1. The first kappa shape index (κ1) is 28.8. The van der Waals surface area contributed by atoms with E-state index >= 15 is 0 Å². The molecule has 0 spiro atoms. The van der Waals surface area contributed by atoms with E-state index in [9.17, 15) is 19.4 Å². The molecule has 3 aromatic rings. The van der Waals surface area contributed by atoms with Crippen LogP contribution in [0.3, 0.4) is 0 Å². The highest BCUT2D eigenvalue weighted by Crippen LogP contribution is 2.18. The second kappa shape index (κ2) is 14.3. The number of carbonyl (C=O) groups excluding carboxylic acids is 2. The van der Waals surface area contributed by atoms with Crippen molar-refractivity contribution in [3.63, 3.8) is 0 Å². The van der Waals surface area contributed by atoms with Crippen LogP contribution >= 0.6 is 0 Å². The first-order valence-corrected chi connectivity index (χ1v) is 13.0. The van der Waals surface area contributed by atoms with Gasteiger partial charge in [0.15, 0.2) is 0 Å². The maximum absolute atomic E-state index is 12.6. The fourth-order valence-corrected chi connectivity index (χ4v) is 4.37. The van der Waals surface area contributed by atoms with Crippen LogP contribution in [0.5, 0.6) is 0 Å². The van der Waals surface area contributed by atoms with Gasteiger partial charge in [0.2, 0.25) is 5.91 Å². The lowest BCUT2D eigenvalue weighted by atomic mass is 9.72. The van der Waals surface area contributed by atoms with Gasteiger partial charge in [0.1, 0.15) is 0 Å². The Kier molecular flexibility index (Phi) is 10.3. The summed E-state index contributed by atoms with van der Waals surface area (Å²) in [6.07, 6.45) is 4.90. The molecule has 1 saturated heterocycles. The van der Waals surface area contributed by atoms with Crippen LogP contribution in [0.25, 0.3) is 0 Å². The molecule has 0 unspecified atom stereocenters. The molecule has 0 saturated carbocycles. The number of nitrogens with one attached hydrogen (secondary N) is 2. The van der Waals surface area contributed by atoms with E-state index in [1.54, 1.807) is 24.5 Å². The number of carboxylic acids is 1. The van der Waals surface area contributed by atoms with Crippen molar-refractivity contribution in [2.24, 2.45) is 0 Å². The minimum atomic E-state index is -1.32. The van der Waals surface area contributed by atoms with Crippen LogP contribution < -0.4 is 10.6 Å². The van der Waals surface area contributed by atoms with Gasteiger partial charge in [-0.15, -0.1) is 0 Å². The lowest BCUT2D eigenvalue weighted by Gasteiger charge is -2.30. The SMILES string of the molecule is O=C(O)C[C@@H]1CC[C@H](NC(=O)CNC(=O)c2ccc(CN(Cc3ccccn3)Cc3ccccn3)nc2)B(O)O1. The van der Waals surface area contributed by atoms with Crippen LogP contribution in [0.15, 0.2) is 67.1 Å². The Morgan fingerprint density at radius 1 is 0.925 bits per heavy atom. The molecule has 2 amide bonds. The summed E-state index contributed by atoms with van der Waals surface area (Å²) in [5.74, 6) is -2.66. The summed E-state index contributed by atoms with van der Waals surface area (Å²) < 4.78 is 5.26. The minimum Gasteiger partial charge on any atom is -0.481 e. The average Bonchev–Trinajstić information content (AvgIpc) is 2.94. The van der Waals surface area contributed by atoms with E-state index in [1.807, 2.05) is 36.4 Å². The molecule has 2 atom stereocenters. The van der Waals surface area contributed by atoms with Gasteiger partial charge in [-0.05, 0) is 49.2 Å². The van der Waals surface area contributed by atoms with Crippen LogP contribution in [-0.2, 0) is 33.9 Å². The number of rotatable bonds is 12. The average molecular weight is 546 g/mol. The van der Waals surface area contributed by atoms with Crippen molar-refractivity contribution in [1.82, 2.24) is 30.5 Å². The number of nitrogens with zero attached hydrogens (tertiary/aromatic N) is 4. The van der Waals surface area contributed by atoms with Gasteiger partial charge >= 0.3 is 13.1 Å². The Hall–Kier alpha value is -4.20. The van der Waals surface area contributed by atoms with E-state index < -0.39 is 36.9 Å². The second-order valence-corrected chi connectivity index (χ2v) is 9.51. The third-order valence-electron chi connectivity index (χ3n) is 6.33. The highest BCUT2D eigenvalue weighted by atomic mass is 16.5. The largest absolute Gasteiger partial charge is 0.481 e. The first-order chi connectivity index (χ1) is 19.4. The Labute approximate surface area is 232 Å². The van der Waals surface area contributed by atoms with Gasteiger partial charge in [-0.3, -0.25) is 34.2 Å². The quantitative estimate of drug-likeness (QED) is 0.240. The summed E-state index contributed by atoms with van der Waals surface area (Å²) in [6, 6.07) is 15.0. The molecule has 12 nitrogen and oxygen atoms in total. The maximum atomic E-state index is 12.6. The van der Waals surface area contributed by atoms with Gasteiger partial charge in [0.05, 0.1) is 47.7 Å². The zero-order valence-corrected chi connectivity index (χ0v) is 21.8. The third-order valence-corrected chi connectivity index (χ3v) is 6.33. The van der Waals surface area contributed by atoms with Crippen molar-refractivity contribution in [1.29, 1.82) is 0 Å². The van der Waals surface area contributed by atoms with Crippen LogP contribution in [0.4, 0.5) is 0 Å². The molecule has 0 bridgehead atoms. The standard InChI is InChI=1S/C27H31BN6O6/c35-25(33-24-10-9-23(13-26(36)37)40-28(24)39)15-32-27(38)19-7-8-22(31-14-19)18-34(16-20-5-1-3-11-29-20)17-21-6-2-4-12-30-21/h1-8,11-12,14,23-24,39H,9-10,13,15-18H2,(H,32,38)(H,33,35)(H,36,37)/t23-,24-/m0/s1. The molecule has 40 heavy (non-hydrogen) atoms. The molecule has 3 aromatic heterocycles. The number of aliphatic carboxylic acids is 1. The Balaban J connectivity index is 1.27. The number of hydrogen-bond donors (Lipinski definition) is 4. The molecule has 13 heteroatoms. The predicted molar refractivity (Wildman–Crippen MR) is 144 cm³/mol. The second-order valence-electron chi connectivity index (χ2n) is 9.51. The highest BCUT2D eigenvalue weighted by molar-refractivity contribution is 6.45. The maximum Gasteiger partial charge on any atom is 0.478 e. The summed E-state index contributed by atoms with van der Waals surface area (Å²) in [4.78, 5) is 51.1. The lowest BCUT2D eigenvalue weighted by Crippen LogP contribution is -2.54. The molecule has 4 heterocycles. The predicted octanol–water partition coefficient (Wildman–Crippen LogP) is 0.962. The topological polar surface area (TPSA) is 167 Å². The number of aromatic nitrogens is 3. The van der Waals surface area contributed by atoms with Crippen LogP contribution in [0.1, 0.15) is 46.7 Å². The molecule has 208 valence electrons. The Bertz CT molecular complexity index is 1230.